The molecule has 1 saturated carbocycles. The van der Waals surface area contributed by atoms with Gasteiger partial charge >= 0.3 is 0 Å². The fourth-order valence-electron chi connectivity index (χ4n) is 2.37. The van der Waals surface area contributed by atoms with Crippen LogP contribution in [0.5, 0.6) is 0 Å². The lowest BCUT2D eigenvalue weighted by Crippen LogP contribution is -2.33. The normalized spacial score (nSPS) is 23.0. The lowest BCUT2D eigenvalue weighted by atomic mass is 10.2. The van der Waals surface area contributed by atoms with Crippen LogP contribution in [0.3, 0.4) is 0 Å². The maximum Gasteiger partial charge on any atom is 0.252 e. The summed E-state index contributed by atoms with van der Waals surface area (Å²) in [5.41, 5.74) is 0.726. The zero-order valence-electron chi connectivity index (χ0n) is 10.5. The van der Waals surface area contributed by atoms with Crippen molar-refractivity contribution in [1.29, 1.82) is 0 Å². The number of hydrogen-bond donors (Lipinski definition) is 1. The number of benzene rings is 1. The highest BCUT2D eigenvalue weighted by molar-refractivity contribution is 9.10. The molecule has 1 N–H and O–H groups in total. The minimum absolute atomic E-state index is 0.0367. The molecule has 0 heterocycles. The van der Waals surface area contributed by atoms with Gasteiger partial charge in [0.2, 0.25) is 0 Å². The van der Waals surface area contributed by atoms with Crippen molar-refractivity contribution in [3.8, 4) is 0 Å². The minimum atomic E-state index is 0.0367. The molecule has 4 heteroatoms. The molecular formula is C14H18BrNOS. The number of rotatable bonds is 4. The Morgan fingerprint density at radius 3 is 2.94 bits per heavy atom. The van der Waals surface area contributed by atoms with E-state index in [2.05, 4.69) is 28.2 Å². The molecule has 2 atom stereocenters. The number of nitrogens with one attached hydrogen (secondary N) is 1. The van der Waals surface area contributed by atoms with Crippen LogP contribution in [0, 0.1) is 0 Å². The van der Waals surface area contributed by atoms with Crippen molar-refractivity contribution >= 4 is 33.6 Å². The fourth-order valence-corrected chi connectivity index (χ4v) is 3.97. The topological polar surface area (TPSA) is 29.1 Å². The third kappa shape index (κ3) is 3.51. The van der Waals surface area contributed by atoms with E-state index in [0.717, 1.165) is 33.9 Å². The monoisotopic (exact) mass is 327 g/mol. The molecule has 2 nitrogen and oxygen atoms in total. The second kappa shape index (κ2) is 6.62. The van der Waals surface area contributed by atoms with Crippen molar-refractivity contribution < 1.29 is 4.79 Å². The number of hydrogen-bond acceptors (Lipinski definition) is 2. The average molecular weight is 328 g/mol. The zero-order valence-corrected chi connectivity index (χ0v) is 12.9. The molecule has 2 unspecified atom stereocenters. The van der Waals surface area contributed by atoms with Crippen molar-refractivity contribution in [3.63, 3.8) is 0 Å². The van der Waals surface area contributed by atoms with Crippen LogP contribution in [0.4, 0.5) is 0 Å². The zero-order chi connectivity index (χ0) is 13.0. The molecule has 0 aliphatic heterocycles. The van der Waals surface area contributed by atoms with Gasteiger partial charge in [-0.3, -0.25) is 4.79 Å². The van der Waals surface area contributed by atoms with Crippen LogP contribution < -0.4 is 5.32 Å². The highest BCUT2D eigenvalue weighted by Gasteiger charge is 2.26. The van der Waals surface area contributed by atoms with Gasteiger partial charge in [-0.2, -0.15) is 11.8 Å². The third-order valence-corrected chi connectivity index (χ3v) is 5.16. The third-order valence-electron chi connectivity index (χ3n) is 3.24. The first-order valence-electron chi connectivity index (χ1n) is 6.37. The predicted molar refractivity (Wildman–Crippen MR) is 81.2 cm³/mol. The van der Waals surface area contributed by atoms with Gasteiger partial charge in [-0.1, -0.05) is 19.1 Å². The summed E-state index contributed by atoms with van der Waals surface area (Å²) in [6.45, 7) is 2.19. The van der Waals surface area contributed by atoms with E-state index in [9.17, 15) is 4.79 Å². The molecule has 1 aromatic carbocycles. The van der Waals surface area contributed by atoms with E-state index in [1.807, 2.05) is 36.0 Å². The molecule has 0 saturated heterocycles. The second-order valence-electron chi connectivity index (χ2n) is 4.54. The van der Waals surface area contributed by atoms with Crippen molar-refractivity contribution in [2.45, 2.75) is 37.5 Å². The van der Waals surface area contributed by atoms with Crippen molar-refractivity contribution in [3.05, 3.63) is 34.3 Å². The molecule has 0 bridgehead atoms. The van der Waals surface area contributed by atoms with E-state index < -0.39 is 0 Å². The molecule has 18 heavy (non-hydrogen) atoms. The summed E-state index contributed by atoms with van der Waals surface area (Å²) in [6, 6.07) is 7.91. The Kier molecular flexibility index (Phi) is 5.13. The molecular weight excluding hydrogens is 310 g/mol. The lowest BCUT2D eigenvalue weighted by molar-refractivity contribution is 0.0937. The van der Waals surface area contributed by atoms with Crippen LogP contribution >= 0.6 is 27.7 Å². The quantitative estimate of drug-likeness (QED) is 0.909. The maximum atomic E-state index is 12.1. The predicted octanol–water partition coefficient (Wildman–Crippen LogP) is 3.85. The number of amides is 1. The van der Waals surface area contributed by atoms with Gasteiger partial charge in [0.25, 0.3) is 5.91 Å². The van der Waals surface area contributed by atoms with Crippen LogP contribution in [-0.2, 0) is 0 Å². The van der Waals surface area contributed by atoms with Crippen LogP contribution in [0.1, 0.15) is 36.5 Å². The second-order valence-corrected chi connectivity index (χ2v) is 6.97. The number of halogens is 1. The first kappa shape index (κ1) is 13.9. The summed E-state index contributed by atoms with van der Waals surface area (Å²) in [5, 5.41) is 3.86. The molecule has 0 radical (unpaired) electrons. The lowest BCUT2D eigenvalue weighted by Gasteiger charge is -2.13. The van der Waals surface area contributed by atoms with Gasteiger partial charge in [-0.05, 0) is 53.1 Å². The van der Waals surface area contributed by atoms with E-state index in [0.29, 0.717) is 6.04 Å². The Morgan fingerprint density at radius 2 is 2.22 bits per heavy atom. The van der Waals surface area contributed by atoms with Crippen LogP contribution in [0.25, 0.3) is 0 Å². The Morgan fingerprint density at radius 1 is 1.44 bits per heavy atom. The molecule has 1 aliphatic rings. The SMILES string of the molecule is CCSC1CCC(NC(=O)c2ccccc2Br)C1. The molecule has 1 fully saturated rings. The van der Waals surface area contributed by atoms with Gasteiger partial charge in [-0.15, -0.1) is 0 Å². The summed E-state index contributed by atoms with van der Waals surface area (Å²) < 4.78 is 0.861. The van der Waals surface area contributed by atoms with Crippen LogP contribution in [-0.4, -0.2) is 23.0 Å². The Bertz CT molecular complexity index is 424. The molecule has 0 aromatic heterocycles. The van der Waals surface area contributed by atoms with E-state index in [4.69, 9.17) is 0 Å². The van der Waals surface area contributed by atoms with Crippen molar-refractivity contribution in [2.75, 3.05) is 5.75 Å². The smallest absolute Gasteiger partial charge is 0.252 e. The Labute approximate surface area is 121 Å². The number of carbonyl (C=O) groups excluding carboxylic acids is 1. The van der Waals surface area contributed by atoms with Crippen LogP contribution in [0.15, 0.2) is 28.7 Å². The maximum absolute atomic E-state index is 12.1. The van der Waals surface area contributed by atoms with E-state index >= 15 is 0 Å². The van der Waals surface area contributed by atoms with Gasteiger partial charge in [0.1, 0.15) is 0 Å². The molecule has 1 aliphatic carbocycles. The Hall–Kier alpha value is -0.480. The van der Waals surface area contributed by atoms with Gasteiger partial charge in [0, 0.05) is 15.8 Å². The van der Waals surface area contributed by atoms with Gasteiger partial charge in [-0.25, -0.2) is 0 Å². The van der Waals surface area contributed by atoms with Crippen molar-refractivity contribution in [2.24, 2.45) is 0 Å². The number of thioether (sulfide) groups is 1. The molecule has 2 rings (SSSR count). The van der Waals surface area contributed by atoms with Gasteiger partial charge in [0.15, 0.2) is 0 Å². The highest BCUT2D eigenvalue weighted by atomic mass is 79.9. The summed E-state index contributed by atoms with van der Waals surface area (Å²) in [7, 11) is 0. The van der Waals surface area contributed by atoms with Crippen molar-refractivity contribution in [1.82, 2.24) is 5.32 Å². The molecule has 1 aromatic rings. The van der Waals surface area contributed by atoms with E-state index in [-0.39, 0.29) is 5.91 Å². The Balaban J connectivity index is 1.91. The summed E-state index contributed by atoms with van der Waals surface area (Å²) >= 11 is 5.43. The molecule has 98 valence electrons. The highest BCUT2D eigenvalue weighted by Crippen LogP contribution is 2.30. The summed E-state index contributed by atoms with van der Waals surface area (Å²) in [4.78, 5) is 12.1. The largest absolute Gasteiger partial charge is 0.349 e. The first-order valence-corrected chi connectivity index (χ1v) is 8.22. The summed E-state index contributed by atoms with van der Waals surface area (Å²) in [5.74, 6) is 1.20. The van der Waals surface area contributed by atoms with E-state index in [1.165, 1.54) is 6.42 Å². The first-order chi connectivity index (χ1) is 8.70. The molecule has 0 spiro atoms. The van der Waals surface area contributed by atoms with E-state index in [1.54, 1.807) is 0 Å². The van der Waals surface area contributed by atoms with Gasteiger partial charge < -0.3 is 5.32 Å². The number of carbonyl (C=O) groups is 1. The van der Waals surface area contributed by atoms with Crippen LogP contribution in [0.2, 0.25) is 0 Å². The average Bonchev–Trinajstić information content (AvgIpc) is 2.77. The van der Waals surface area contributed by atoms with Gasteiger partial charge in [0.05, 0.1) is 5.56 Å². The summed E-state index contributed by atoms with van der Waals surface area (Å²) in [6.07, 6.45) is 3.43. The standard InChI is InChI=1S/C14H18BrNOS/c1-2-18-11-8-7-10(9-11)16-14(17)12-5-3-4-6-13(12)15/h3-6,10-11H,2,7-9H2,1H3,(H,16,17). The molecule has 1 amide bonds. The fraction of sp³-hybridized carbons (Fsp3) is 0.500. The minimum Gasteiger partial charge on any atom is -0.349 e.